The second kappa shape index (κ2) is 7.30. The molecule has 1 aromatic heterocycles. The zero-order valence-electron chi connectivity index (χ0n) is 15.2. The van der Waals surface area contributed by atoms with E-state index < -0.39 is 0 Å². The highest BCUT2D eigenvalue weighted by Gasteiger charge is 2.27. The van der Waals surface area contributed by atoms with E-state index in [1.165, 1.54) is 5.56 Å². The topological polar surface area (TPSA) is 62.6 Å². The van der Waals surface area contributed by atoms with Crippen LogP contribution in [0.25, 0.3) is 11.0 Å². The van der Waals surface area contributed by atoms with Gasteiger partial charge in [-0.1, -0.05) is 12.1 Å². The van der Waals surface area contributed by atoms with Crippen molar-refractivity contribution in [2.24, 2.45) is 5.92 Å². The number of hydrogen-bond acceptors (Lipinski definition) is 3. The number of likely N-dealkylation sites (tertiary alicyclic amines) is 1. The van der Waals surface area contributed by atoms with E-state index in [4.69, 9.17) is 4.42 Å². The highest BCUT2D eigenvalue weighted by Crippen LogP contribution is 2.27. The number of amides is 2. The van der Waals surface area contributed by atoms with E-state index in [1.807, 2.05) is 24.8 Å². The van der Waals surface area contributed by atoms with Gasteiger partial charge in [-0.2, -0.15) is 0 Å². The van der Waals surface area contributed by atoms with Crippen molar-refractivity contribution in [1.82, 2.24) is 10.2 Å². The van der Waals surface area contributed by atoms with E-state index in [9.17, 15) is 9.59 Å². The Morgan fingerprint density at radius 3 is 2.64 bits per heavy atom. The Kier molecular flexibility index (Phi) is 5.11. The van der Waals surface area contributed by atoms with Crippen molar-refractivity contribution < 1.29 is 14.0 Å². The standard InChI is InChI=1S/C20H26N2O3/c1-4-21-20(24)15-7-9-22(10-8-15)18(23)11-16-12-25-19-14(3)13(2)5-6-17(16)19/h5-6,12,15H,4,7-11H2,1-3H3,(H,21,24). The lowest BCUT2D eigenvalue weighted by Crippen LogP contribution is -2.43. The van der Waals surface area contributed by atoms with Crippen molar-refractivity contribution in [3.63, 3.8) is 0 Å². The molecular formula is C20H26N2O3. The van der Waals surface area contributed by atoms with Crippen LogP contribution in [-0.2, 0) is 16.0 Å². The van der Waals surface area contributed by atoms with Crippen molar-refractivity contribution >= 4 is 22.8 Å². The van der Waals surface area contributed by atoms with Crippen LogP contribution in [0.5, 0.6) is 0 Å². The van der Waals surface area contributed by atoms with Crippen LogP contribution in [0.1, 0.15) is 36.5 Å². The SMILES string of the molecule is CCNC(=O)C1CCN(C(=O)Cc2coc3c(C)c(C)ccc23)CC1. The molecule has 0 aliphatic carbocycles. The van der Waals surface area contributed by atoms with Gasteiger partial charge in [0.25, 0.3) is 0 Å². The van der Waals surface area contributed by atoms with Crippen LogP contribution in [0.4, 0.5) is 0 Å². The van der Waals surface area contributed by atoms with Gasteiger partial charge in [0.2, 0.25) is 11.8 Å². The summed E-state index contributed by atoms with van der Waals surface area (Å²) in [5, 5.41) is 3.89. The number of fused-ring (bicyclic) bond motifs is 1. The maximum atomic E-state index is 12.6. The molecule has 1 saturated heterocycles. The van der Waals surface area contributed by atoms with Gasteiger partial charge >= 0.3 is 0 Å². The normalized spacial score (nSPS) is 15.6. The molecule has 1 aliphatic heterocycles. The summed E-state index contributed by atoms with van der Waals surface area (Å²) in [5.74, 6) is 0.251. The largest absolute Gasteiger partial charge is 0.464 e. The molecule has 3 rings (SSSR count). The van der Waals surface area contributed by atoms with Crippen LogP contribution < -0.4 is 5.32 Å². The summed E-state index contributed by atoms with van der Waals surface area (Å²) in [6.45, 7) is 7.97. The number of nitrogens with one attached hydrogen (secondary N) is 1. The Hall–Kier alpha value is -2.30. The number of rotatable bonds is 4. The van der Waals surface area contributed by atoms with Gasteiger partial charge < -0.3 is 14.6 Å². The highest BCUT2D eigenvalue weighted by molar-refractivity contribution is 5.89. The molecule has 2 aromatic rings. The van der Waals surface area contributed by atoms with Crippen LogP contribution in [0, 0.1) is 19.8 Å². The lowest BCUT2D eigenvalue weighted by atomic mass is 9.95. The third kappa shape index (κ3) is 3.55. The summed E-state index contributed by atoms with van der Waals surface area (Å²) >= 11 is 0. The van der Waals surface area contributed by atoms with Crippen molar-refractivity contribution in [3.05, 3.63) is 35.1 Å². The molecule has 0 radical (unpaired) electrons. The number of aryl methyl sites for hydroxylation is 2. The predicted molar refractivity (Wildman–Crippen MR) is 97.4 cm³/mol. The van der Waals surface area contributed by atoms with Gasteiger partial charge in [-0.3, -0.25) is 9.59 Å². The Morgan fingerprint density at radius 1 is 1.24 bits per heavy atom. The first kappa shape index (κ1) is 17.5. The molecule has 0 spiro atoms. The molecule has 1 aliphatic rings. The molecule has 0 bridgehead atoms. The minimum atomic E-state index is 0.0318. The number of carbonyl (C=O) groups is 2. The maximum absolute atomic E-state index is 12.6. The molecular weight excluding hydrogens is 316 g/mol. The average molecular weight is 342 g/mol. The number of hydrogen-bond donors (Lipinski definition) is 1. The van der Waals surface area contributed by atoms with E-state index in [1.54, 1.807) is 6.26 Å². The van der Waals surface area contributed by atoms with Crippen molar-refractivity contribution in [2.75, 3.05) is 19.6 Å². The molecule has 5 nitrogen and oxygen atoms in total. The lowest BCUT2D eigenvalue weighted by molar-refractivity contribution is -0.135. The molecule has 1 N–H and O–H groups in total. The van der Waals surface area contributed by atoms with Gasteiger partial charge in [-0.15, -0.1) is 0 Å². The summed E-state index contributed by atoms with van der Waals surface area (Å²) in [4.78, 5) is 26.4. The fourth-order valence-electron chi connectivity index (χ4n) is 3.51. The number of carbonyl (C=O) groups excluding carboxylic acids is 2. The number of furan rings is 1. The van der Waals surface area contributed by atoms with E-state index in [0.29, 0.717) is 26.1 Å². The van der Waals surface area contributed by atoms with Gasteiger partial charge in [0.15, 0.2) is 0 Å². The average Bonchev–Trinajstić information content (AvgIpc) is 3.02. The van der Waals surface area contributed by atoms with E-state index >= 15 is 0 Å². The summed E-state index contributed by atoms with van der Waals surface area (Å²) in [6, 6.07) is 4.10. The Morgan fingerprint density at radius 2 is 1.96 bits per heavy atom. The third-order valence-electron chi connectivity index (χ3n) is 5.25. The zero-order chi connectivity index (χ0) is 18.0. The Balaban J connectivity index is 1.64. The lowest BCUT2D eigenvalue weighted by Gasteiger charge is -2.31. The minimum absolute atomic E-state index is 0.0318. The number of benzene rings is 1. The second-order valence-electron chi connectivity index (χ2n) is 6.87. The van der Waals surface area contributed by atoms with Gasteiger partial charge in [-0.05, 0) is 44.7 Å². The minimum Gasteiger partial charge on any atom is -0.464 e. The summed E-state index contributed by atoms with van der Waals surface area (Å²) in [6.07, 6.45) is 3.53. The van der Waals surface area contributed by atoms with E-state index in [0.717, 1.165) is 34.9 Å². The molecule has 2 amide bonds. The molecule has 2 heterocycles. The zero-order valence-corrected chi connectivity index (χ0v) is 15.2. The molecule has 0 saturated carbocycles. The molecule has 0 atom stereocenters. The predicted octanol–water partition coefficient (Wildman–Crippen LogP) is 2.97. The van der Waals surface area contributed by atoms with Crippen LogP contribution in [-0.4, -0.2) is 36.3 Å². The van der Waals surface area contributed by atoms with Crippen LogP contribution >= 0.6 is 0 Å². The number of piperidine rings is 1. The van der Waals surface area contributed by atoms with Gasteiger partial charge in [0.1, 0.15) is 5.58 Å². The molecule has 5 heteroatoms. The van der Waals surface area contributed by atoms with Crippen LogP contribution in [0.3, 0.4) is 0 Å². The number of nitrogens with zero attached hydrogens (tertiary/aromatic N) is 1. The van der Waals surface area contributed by atoms with Crippen molar-refractivity contribution in [2.45, 2.75) is 40.0 Å². The fourth-order valence-corrected chi connectivity index (χ4v) is 3.51. The summed E-state index contributed by atoms with van der Waals surface area (Å²) in [7, 11) is 0. The molecule has 0 unspecified atom stereocenters. The molecule has 134 valence electrons. The van der Waals surface area contributed by atoms with E-state index in [-0.39, 0.29) is 17.7 Å². The molecule has 1 aromatic carbocycles. The molecule has 25 heavy (non-hydrogen) atoms. The Bertz CT molecular complexity index is 786. The van der Waals surface area contributed by atoms with Crippen molar-refractivity contribution in [1.29, 1.82) is 0 Å². The first-order valence-electron chi connectivity index (χ1n) is 9.03. The maximum Gasteiger partial charge on any atom is 0.227 e. The smallest absolute Gasteiger partial charge is 0.227 e. The van der Waals surface area contributed by atoms with Crippen LogP contribution in [0.2, 0.25) is 0 Å². The van der Waals surface area contributed by atoms with Crippen molar-refractivity contribution in [3.8, 4) is 0 Å². The van der Waals surface area contributed by atoms with Crippen LogP contribution in [0.15, 0.2) is 22.8 Å². The van der Waals surface area contributed by atoms with E-state index in [2.05, 4.69) is 18.3 Å². The summed E-state index contributed by atoms with van der Waals surface area (Å²) in [5.41, 5.74) is 4.12. The monoisotopic (exact) mass is 342 g/mol. The first-order chi connectivity index (χ1) is 12.0. The fraction of sp³-hybridized carbons (Fsp3) is 0.500. The quantitative estimate of drug-likeness (QED) is 0.929. The van der Waals surface area contributed by atoms with Gasteiger partial charge in [0, 0.05) is 36.5 Å². The second-order valence-corrected chi connectivity index (χ2v) is 6.87. The highest BCUT2D eigenvalue weighted by atomic mass is 16.3. The first-order valence-corrected chi connectivity index (χ1v) is 9.03. The third-order valence-corrected chi connectivity index (χ3v) is 5.25. The Labute approximate surface area is 148 Å². The summed E-state index contributed by atoms with van der Waals surface area (Å²) < 4.78 is 5.70. The molecule has 1 fully saturated rings. The van der Waals surface area contributed by atoms with Gasteiger partial charge in [0.05, 0.1) is 12.7 Å². The van der Waals surface area contributed by atoms with Gasteiger partial charge in [-0.25, -0.2) is 0 Å².